The molecule has 1 aromatic heterocycles. The summed E-state index contributed by atoms with van der Waals surface area (Å²) in [5, 5.41) is 0. The summed E-state index contributed by atoms with van der Waals surface area (Å²) in [6, 6.07) is 9.42. The number of rotatable bonds is 4. The van der Waals surface area contributed by atoms with E-state index in [0.29, 0.717) is 29.8 Å². The molecular formula is C35H43BFN3O4. The standard InChI is InChI=1S/C35H43BFN3O4/c1-33(2,3)42-32(41)40-16-8-9-28(40)31-38-19-27(39-31)20-12-13-23(26(37)18-20)24-14-15-25(30-22-11-10-21(17-22)29(24)30)36-43-34(4,5)35(6,7)44-36/h12-15,18-19,21-22,28H,8-11,16-17H2,1-7H3,(H,38,39). The molecule has 7 rings (SSSR count). The summed E-state index contributed by atoms with van der Waals surface area (Å²) in [5.74, 6) is 1.33. The third-order valence-corrected chi connectivity index (χ3v) is 10.4. The lowest BCUT2D eigenvalue weighted by Crippen LogP contribution is -2.41. The fraction of sp³-hybridized carbons (Fsp3) is 0.543. The number of hydrogen-bond acceptors (Lipinski definition) is 5. The van der Waals surface area contributed by atoms with E-state index in [1.807, 2.05) is 32.9 Å². The maximum atomic E-state index is 16.0. The second-order valence-corrected chi connectivity index (χ2v) is 15.0. The van der Waals surface area contributed by atoms with Crippen LogP contribution in [0.15, 0.2) is 36.5 Å². The van der Waals surface area contributed by atoms with Crippen molar-refractivity contribution in [2.45, 2.75) is 115 Å². The predicted molar refractivity (Wildman–Crippen MR) is 169 cm³/mol. The van der Waals surface area contributed by atoms with Crippen molar-refractivity contribution in [3.8, 4) is 22.4 Å². The van der Waals surface area contributed by atoms with Gasteiger partial charge in [-0.25, -0.2) is 14.2 Å². The van der Waals surface area contributed by atoms with Crippen LogP contribution in [0, 0.1) is 5.82 Å². The minimum atomic E-state index is -0.566. The van der Waals surface area contributed by atoms with E-state index in [1.165, 1.54) is 11.1 Å². The van der Waals surface area contributed by atoms with Gasteiger partial charge in [0.1, 0.15) is 17.2 Å². The molecule has 4 aliphatic rings. The van der Waals surface area contributed by atoms with Gasteiger partial charge in [-0.05, 0) is 121 Å². The molecule has 9 heteroatoms. The first kappa shape index (κ1) is 29.5. The number of carbonyl (C=O) groups is 1. The lowest BCUT2D eigenvalue weighted by atomic mass is 9.70. The molecule has 2 aliphatic heterocycles. The summed E-state index contributed by atoms with van der Waals surface area (Å²) in [6.45, 7) is 14.6. The molecule has 1 saturated carbocycles. The molecule has 2 saturated heterocycles. The van der Waals surface area contributed by atoms with Crippen LogP contribution in [0.2, 0.25) is 0 Å². The van der Waals surface area contributed by atoms with Crippen LogP contribution < -0.4 is 5.46 Å². The summed E-state index contributed by atoms with van der Waals surface area (Å²) in [6.07, 6.45) is 6.47. The monoisotopic (exact) mass is 599 g/mol. The van der Waals surface area contributed by atoms with Gasteiger partial charge < -0.3 is 19.0 Å². The average molecular weight is 600 g/mol. The van der Waals surface area contributed by atoms with Crippen molar-refractivity contribution in [1.82, 2.24) is 14.9 Å². The molecule has 3 unspecified atom stereocenters. The number of aromatic amines is 1. The van der Waals surface area contributed by atoms with Gasteiger partial charge in [0.15, 0.2) is 0 Å². The molecular weight excluding hydrogens is 556 g/mol. The maximum absolute atomic E-state index is 16.0. The van der Waals surface area contributed by atoms with Gasteiger partial charge >= 0.3 is 13.2 Å². The Kier molecular flexibility index (Phi) is 6.83. The molecule has 3 aromatic rings. The van der Waals surface area contributed by atoms with Gasteiger partial charge in [0.05, 0.1) is 29.1 Å². The second-order valence-electron chi connectivity index (χ2n) is 15.0. The van der Waals surface area contributed by atoms with Gasteiger partial charge in [0, 0.05) is 17.7 Å². The zero-order valence-corrected chi connectivity index (χ0v) is 26.9. The Morgan fingerprint density at radius 1 is 1.02 bits per heavy atom. The first-order valence-corrected chi connectivity index (χ1v) is 16.1. The van der Waals surface area contributed by atoms with Crippen LogP contribution in [0.1, 0.15) is 115 Å². The number of likely N-dealkylation sites (tertiary alicyclic amines) is 1. The molecule has 0 spiro atoms. The number of fused-ring (bicyclic) bond motifs is 5. The predicted octanol–water partition coefficient (Wildman–Crippen LogP) is 7.62. The third-order valence-electron chi connectivity index (χ3n) is 10.4. The van der Waals surface area contributed by atoms with Crippen molar-refractivity contribution in [2.24, 2.45) is 0 Å². The van der Waals surface area contributed by atoms with Crippen LogP contribution >= 0.6 is 0 Å². The van der Waals surface area contributed by atoms with Crippen molar-refractivity contribution in [1.29, 1.82) is 0 Å². The van der Waals surface area contributed by atoms with E-state index in [0.717, 1.165) is 54.4 Å². The smallest absolute Gasteiger partial charge is 0.444 e. The van der Waals surface area contributed by atoms with Crippen molar-refractivity contribution in [3.63, 3.8) is 0 Å². The highest BCUT2D eigenvalue weighted by Gasteiger charge is 2.54. The number of benzene rings is 2. The summed E-state index contributed by atoms with van der Waals surface area (Å²) >= 11 is 0. The van der Waals surface area contributed by atoms with Gasteiger partial charge in [-0.15, -0.1) is 0 Å². The average Bonchev–Trinajstić information content (AvgIpc) is 3.76. The molecule has 2 aliphatic carbocycles. The number of aromatic nitrogens is 2. The highest BCUT2D eigenvalue weighted by molar-refractivity contribution is 6.62. The maximum Gasteiger partial charge on any atom is 0.495 e. The number of nitrogens with one attached hydrogen (secondary N) is 1. The lowest BCUT2D eigenvalue weighted by molar-refractivity contribution is 0.00578. The summed E-state index contributed by atoms with van der Waals surface area (Å²) in [5.41, 5.74) is 5.32. The first-order chi connectivity index (χ1) is 20.7. The van der Waals surface area contributed by atoms with Crippen LogP contribution in [0.5, 0.6) is 0 Å². The van der Waals surface area contributed by atoms with Gasteiger partial charge in [0.2, 0.25) is 0 Å². The first-order valence-electron chi connectivity index (χ1n) is 16.1. The molecule has 232 valence electrons. The Labute approximate surface area is 260 Å². The Balaban J connectivity index is 1.17. The second kappa shape index (κ2) is 10.2. The van der Waals surface area contributed by atoms with E-state index in [2.05, 4.69) is 49.8 Å². The number of amides is 1. The minimum absolute atomic E-state index is 0.191. The Bertz CT molecular complexity index is 1610. The molecule has 2 bridgehead atoms. The molecule has 3 fully saturated rings. The van der Waals surface area contributed by atoms with Crippen molar-refractivity contribution >= 4 is 18.7 Å². The van der Waals surface area contributed by atoms with Gasteiger partial charge in [0.25, 0.3) is 0 Å². The van der Waals surface area contributed by atoms with E-state index in [-0.39, 0.29) is 18.0 Å². The van der Waals surface area contributed by atoms with Crippen LogP contribution in [-0.4, -0.2) is 51.4 Å². The highest BCUT2D eigenvalue weighted by Crippen LogP contribution is 2.56. The number of nitrogens with zero attached hydrogens (tertiary/aromatic N) is 2. The number of imidazole rings is 1. The van der Waals surface area contributed by atoms with E-state index in [4.69, 9.17) is 14.0 Å². The third kappa shape index (κ3) is 4.87. The van der Waals surface area contributed by atoms with Crippen LogP contribution in [0.4, 0.5) is 9.18 Å². The zero-order chi connectivity index (χ0) is 31.2. The number of hydrogen-bond donors (Lipinski definition) is 1. The number of H-pyrrole nitrogens is 1. The summed E-state index contributed by atoms with van der Waals surface area (Å²) < 4.78 is 34.6. The molecule has 2 aromatic carbocycles. The van der Waals surface area contributed by atoms with E-state index in [9.17, 15) is 4.79 Å². The van der Waals surface area contributed by atoms with Gasteiger partial charge in [-0.3, -0.25) is 4.90 Å². The lowest BCUT2D eigenvalue weighted by Gasteiger charge is -2.32. The number of carbonyl (C=O) groups excluding carboxylic acids is 1. The van der Waals surface area contributed by atoms with Crippen molar-refractivity contribution in [3.05, 3.63) is 59.3 Å². The largest absolute Gasteiger partial charge is 0.495 e. The van der Waals surface area contributed by atoms with E-state index < -0.39 is 23.9 Å². The molecule has 0 radical (unpaired) electrons. The molecule has 1 amide bonds. The summed E-state index contributed by atoms with van der Waals surface area (Å²) in [7, 11) is -0.421. The van der Waals surface area contributed by atoms with Crippen LogP contribution in [0.25, 0.3) is 22.4 Å². The highest BCUT2D eigenvalue weighted by atomic mass is 19.1. The molecule has 1 N–H and O–H groups in total. The quantitative estimate of drug-likeness (QED) is 0.312. The topological polar surface area (TPSA) is 76.7 Å². The van der Waals surface area contributed by atoms with Crippen molar-refractivity contribution < 1.29 is 23.2 Å². The molecule has 3 heterocycles. The Hall–Kier alpha value is -3.17. The zero-order valence-electron chi connectivity index (χ0n) is 26.9. The minimum Gasteiger partial charge on any atom is -0.444 e. The van der Waals surface area contributed by atoms with E-state index >= 15 is 4.39 Å². The van der Waals surface area contributed by atoms with Crippen LogP contribution in [0.3, 0.4) is 0 Å². The normalized spacial score (nSPS) is 25.1. The fourth-order valence-corrected chi connectivity index (χ4v) is 7.61. The van der Waals surface area contributed by atoms with Gasteiger partial charge in [-0.1, -0.05) is 24.3 Å². The fourth-order valence-electron chi connectivity index (χ4n) is 7.61. The number of ether oxygens (including phenoxy) is 1. The molecule has 3 atom stereocenters. The number of halogens is 1. The Morgan fingerprint density at radius 2 is 1.70 bits per heavy atom. The summed E-state index contributed by atoms with van der Waals surface area (Å²) in [4.78, 5) is 22.5. The van der Waals surface area contributed by atoms with Gasteiger partial charge in [-0.2, -0.15) is 0 Å². The van der Waals surface area contributed by atoms with E-state index in [1.54, 1.807) is 17.2 Å². The Morgan fingerprint density at radius 3 is 2.39 bits per heavy atom. The molecule has 7 nitrogen and oxygen atoms in total. The SMILES string of the molecule is CC(C)(C)OC(=O)N1CCCC1c1ncc(-c2ccc(-c3ccc(B4OC(C)(C)C(C)(C)O4)c4c3C3CCC4C3)c(F)c2)[nH]1. The van der Waals surface area contributed by atoms with Crippen molar-refractivity contribution in [2.75, 3.05) is 6.54 Å². The molecule has 44 heavy (non-hydrogen) atoms. The van der Waals surface area contributed by atoms with Crippen LogP contribution in [-0.2, 0) is 14.0 Å².